The fourth-order valence-corrected chi connectivity index (χ4v) is 4.57. The molecule has 0 aliphatic heterocycles. The fourth-order valence-electron chi connectivity index (χ4n) is 4.57. The van der Waals surface area contributed by atoms with Crippen LogP contribution in [0.4, 0.5) is 0 Å². The second-order valence-corrected chi connectivity index (χ2v) is 9.24. The number of aliphatic hydroxyl groups excluding tert-OH is 1. The summed E-state index contributed by atoms with van der Waals surface area (Å²) in [6, 6.07) is 15.7. The van der Waals surface area contributed by atoms with E-state index in [9.17, 15) is 5.11 Å². The van der Waals surface area contributed by atoms with Gasteiger partial charge in [0.25, 0.3) is 0 Å². The largest absolute Gasteiger partial charge is 0.396 e. The SMILES string of the molecule is Cc1cccc(C)c1-n1nnnc1C(NCC1(CCCO)CC1)c1nc(-c2ccccc2)n[nH]1. The summed E-state index contributed by atoms with van der Waals surface area (Å²) in [6.07, 6.45) is 4.12. The summed E-state index contributed by atoms with van der Waals surface area (Å²) in [4.78, 5) is 4.82. The van der Waals surface area contributed by atoms with E-state index in [1.54, 1.807) is 4.68 Å². The Morgan fingerprint density at radius 1 is 1.09 bits per heavy atom. The van der Waals surface area contributed by atoms with E-state index < -0.39 is 0 Å². The van der Waals surface area contributed by atoms with E-state index in [1.807, 2.05) is 36.4 Å². The number of aliphatic hydroxyl groups is 1. The molecule has 2 aromatic carbocycles. The third-order valence-electron chi connectivity index (χ3n) is 6.71. The predicted molar refractivity (Wildman–Crippen MR) is 128 cm³/mol. The van der Waals surface area contributed by atoms with Gasteiger partial charge in [0.15, 0.2) is 11.6 Å². The van der Waals surface area contributed by atoms with Crippen LogP contribution in [0.5, 0.6) is 0 Å². The summed E-state index contributed by atoms with van der Waals surface area (Å²) in [7, 11) is 0. The van der Waals surface area contributed by atoms with Crippen LogP contribution >= 0.6 is 0 Å². The molecule has 9 nitrogen and oxygen atoms in total. The minimum Gasteiger partial charge on any atom is -0.396 e. The molecule has 1 aliphatic carbocycles. The quantitative estimate of drug-likeness (QED) is 0.334. The Balaban J connectivity index is 1.51. The average Bonchev–Trinajstić information content (AvgIpc) is 3.21. The molecule has 1 fully saturated rings. The van der Waals surface area contributed by atoms with Crippen molar-refractivity contribution < 1.29 is 5.11 Å². The van der Waals surface area contributed by atoms with Crippen molar-refractivity contribution in [1.82, 2.24) is 40.7 Å². The molecule has 0 radical (unpaired) electrons. The number of H-pyrrole nitrogens is 1. The Bertz CT molecular complexity index is 1220. The molecule has 176 valence electrons. The van der Waals surface area contributed by atoms with E-state index in [-0.39, 0.29) is 18.1 Å². The van der Waals surface area contributed by atoms with Crippen molar-refractivity contribution in [2.45, 2.75) is 45.6 Å². The number of aryl methyl sites for hydroxylation is 2. The van der Waals surface area contributed by atoms with Crippen LogP contribution in [0.3, 0.4) is 0 Å². The van der Waals surface area contributed by atoms with Crippen LogP contribution in [-0.2, 0) is 0 Å². The van der Waals surface area contributed by atoms with Gasteiger partial charge in [-0.05, 0) is 66.5 Å². The number of rotatable bonds is 10. The summed E-state index contributed by atoms with van der Waals surface area (Å²) >= 11 is 0. The monoisotopic (exact) mass is 458 g/mol. The van der Waals surface area contributed by atoms with E-state index in [0.717, 1.165) is 54.6 Å². The Labute approximate surface area is 198 Å². The molecular weight excluding hydrogens is 428 g/mol. The summed E-state index contributed by atoms with van der Waals surface area (Å²) in [6.45, 7) is 5.13. The highest BCUT2D eigenvalue weighted by Gasteiger charge is 2.42. The lowest BCUT2D eigenvalue weighted by Gasteiger charge is -2.21. The molecule has 1 aliphatic rings. The molecule has 4 aromatic rings. The van der Waals surface area contributed by atoms with Gasteiger partial charge in [-0.3, -0.25) is 5.10 Å². The first-order valence-corrected chi connectivity index (χ1v) is 11.8. The molecule has 34 heavy (non-hydrogen) atoms. The number of nitrogens with one attached hydrogen (secondary N) is 2. The van der Waals surface area contributed by atoms with Crippen molar-refractivity contribution in [2.75, 3.05) is 13.2 Å². The normalized spacial score (nSPS) is 15.4. The van der Waals surface area contributed by atoms with Gasteiger partial charge >= 0.3 is 0 Å². The Morgan fingerprint density at radius 3 is 2.56 bits per heavy atom. The maximum Gasteiger partial charge on any atom is 0.181 e. The second-order valence-electron chi connectivity index (χ2n) is 9.24. The lowest BCUT2D eigenvalue weighted by Crippen LogP contribution is -2.32. The van der Waals surface area contributed by atoms with Gasteiger partial charge in [0.2, 0.25) is 0 Å². The molecule has 0 spiro atoms. The highest BCUT2D eigenvalue weighted by atomic mass is 16.2. The van der Waals surface area contributed by atoms with Gasteiger partial charge in [-0.25, -0.2) is 4.98 Å². The molecule has 0 saturated heterocycles. The number of aromatic nitrogens is 7. The van der Waals surface area contributed by atoms with Gasteiger partial charge in [0, 0.05) is 18.7 Å². The highest BCUT2D eigenvalue weighted by molar-refractivity contribution is 5.54. The third kappa shape index (κ3) is 4.49. The molecule has 1 saturated carbocycles. The zero-order chi connectivity index (χ0) is 23.5. The van der Waals surface area contributed by atoms with Crippen LogP contribution in [0.15, 0.2) is 48.5 Å². The number of aromatic amines is 1. The predicted octanol–water partition coefficient (Wildman–Crippen LogP) is 3.30. The van der Waals surface area contributed by atoms with Crippen molar-refractivity contribution in [3.05, 3.63) is 71.3 Å². The molecular formula is C25H30N8O. The summed E-state index contributed by atoms with van der Waals surface area (Å²) in [5.41, 5.74) is 4.31. The highest BCUT2D eigenvalue weighted by Crippen LogP contribution is 2.49. The number of hydrogen-bond donors (Lipinski definition) is 3. The van der Waals surface area contributed by atoms with E-state index in [1.165, 1.54) is 0 Å². The molecule has 9 heteroatoms. The molecule has 1 atom stereocenters. The maximum absolute atomic E-state index is 9.31. The number of tetrazole rings is 1. The number of benzene rings is 2. The minimum atomic E-state index is -0.370. The molecule has 5 rings (SSSR count). The Morgan fingerprint density at radius 2 is 1.85 bits per heavy atom. The summed E-state index contributed by atoms with van der Waals surface area (Å²) in [5.74, 6) is 1.96. The molecule has 1 unspecified atom stereocenters. The van der Waals surface area contributed by atoms with Crippen molar-refractivity contribution >= 4 is 0 Å². The maximum atomic E-state index is 9.31. The van der Waals surface area contributed by atoms with Crippen molar-refractivity contribution in [1.29, 1.82) is 0 Å². The molecule has 2 heterocycles. The lowest BCUT2D eigenvalue weighted by atomic mass is 10.00. The second kappa shape index (κ2) is 9.44. The zero-order valence-corrected chi connectivity index (χ0v) is 19.6. The van der Waals surface area contributed by atoms with Crippen LogP contribution < -0.4 is 5.32 Å². The topological polar surface area (TPSA) is 117 Å². The number of nitrogens with zero attached hydrogens (tertiary/aromatic N) is 6. The van der Waals surface area contributed by atoms with Gasteiger partial charge in [-0.15, -0.1) is 5.10 Å². The molecule has 0 bridgehead atoms. The standard InChI is InChI=1S/C25H30N8O/c1-17-8-6-9-18(2)21(17)33-24(30-31-32-33)20(26-16-25(13-14-25)12-7-15-34)23-27-22(28-29-23)19-10-4-3-5-11-19/h3-6,8-11,20,26,34H,7,12-16H2,1-2H3,(H,27,28,29). The smallest absolute Gasteiger partial charge is 0.181 e. The van der Waals surface area contributed by atoms with E-state index >= 15 is 0 Å². The zero-order valence-electron chi connectivity index (χ0n) is 19.6. The van der Waals surface area contributed by atoms with Gasteiger partial charge in [0.05, 0.1) is 5.69 Å². The Hall–Kier alpha value is -3.43. The van der Waals surface area contributed by atoms with Crippen LogP contribution in [0.1, 0.15) is 54.5 Å². The van der Waals surface area contributed by atoms with Crippen molar-refractivity contribution in [3.63, 3.8) is 0 Å². The summed E-state index contributed by atoms with van der Waals surface area (Å²) < 4.78 is 1.81. The van der Waals surface area contributed by atoms with E-state index in [2.05, 4.69) is 57.0 Å². The van der Waals surface area contributed by atoms with Gasteiger partial charge in [-0.2, -0.15) is 9.78 Å². The Kier molecular flexibility index (Phi) is 6.21. The average molecular weight is 459 g/mol. The van der Waals surface area contributed by atoms with Crippen molar-refractivity contribution in [2.24, 2.45) is 5.41 Å². The van der Waals surface area contributed by atoms with E-state index in [4.69, 9.17) is 4.98 Å². The van der Waals surface area contributed by atoms with Gasteiger partial charge < -0.3 is 10.4 Å². The van der Waals surface area contributed by atoms with E-state index in [0.29, 0.717) is 17.5 Å². The number of hydrogen-bond acceptors (Lipinski definition) is 7. The molecule has 0 amide bonds. The van der Waals surface area contributed by atoms with Crippen LogP contribution in [-0.4, -0.2) is 53.6 Å². The minimum absolute atomic E-state index is 0.208. The first-order valence-electron chi connectivity index (χ1n) is 11.8. The van der Waals surface area contributed by atoms with Gasteiger partial charge in [0.1, 0.15) is 11.9 Å². The van der Waals surface area contributed by atoms with Crippen LogP contribution in [0.2, 0.25) is 0 Å². The van der Waals surface area contributed by atoms with Crippen molar-refractivity contribution in [3.8, 4) is 17.1 Å². The first-order chi connectivity index (χ1) is 16.6. The lowest BCUT2D eigenvalue weighted by molar-refractivity contribution is 0.263. The first kappa shape index (κ1) is 22.4. The molecule has 3 N–H and O–H groups in total. The van der Waals surface area contributed by atoms with Crippen LogP contribution in [0.25, 0.3) is 17.1 Å². The summed E-state index contributed by atoms with van der Waals surface area (Å²) in [5, 5.41) is 33.4. The number of para-hydroxylation sites is 1. The van der Waals surface area contributed by atoms with Gasteiger partial charge in [-0.1, -0.05) is 48.5 Å². The third-order valence-corrected chi connectivity index (χ3v) is 6.71. The fraction of sp³-hybridized carbons (Fsp3) is 0.400. The van der Waals surface area contributed by atoms with Crippen LogP contribution in [0, 0.1) is 19.3 Å². The molecule has 2 aromatic heterocycles.